The van der Waals surface area contributed by atoms with E-state index in [0.717, 1.165) is 6.42 Å². The van der Waals surface area contributed by atoms with Crippen molar-refractivity contribution in [3.05, 3.63) is 65.7 Å². The Morgan fingerprint density at radius 3 is 2.27 bits per heavy atom. The van der Waals surface area contributed by atoms with Crippen molar-refractivity contribution >= 4 is 6.09 Å². The third kappa shape index (κ3) is 3.86. The topological polar surface area (TPSA) is 38.8 Å². The lowest BCUT2D eigenvalue weighted by molar-refractivity contribution is 0.0416. The van der Waals surface area contributed by atoms with E-state index < -0.39 is 0 Å². The number of nitrogens with zero attached hydrogens (tertiary/aromatic N) is 1. The van der Waals surface area contributed by atoms with Gasteiger partial charge in [-0.3, -0.25) is 0 Å². The van der Waals surface area contributed by atoms with Crippen LogP contribution in [-0.2, 0) is 11.2 Å². The molecule has 4 nitrogen and oxygen atoms in total. The van der Waals surface area contributed by atoms with Crippen molar-refractivity contribution in [3.8, 4) is 5.75 Å². The molecular formula is C18H19NO3. The number of hydrogen-bond acceptors (Lipinski definition) is 3. The predicted molar refractivity (Wildman–Crippen MR) is 84.1 cm³/mol. The molecule has 0 spiro atoms. The van der Waals surface area contributed by atoms with Gasteiger partial charge in [0.1, 0.15) is 5.75 Å². The van der Waals surface area contributed by atoms with Gasteiger partial charge in [-0.25, -0.2) is 4.79 Å². The fourth-order valence-corrected chi connectivity index (χ4v) is 2.42. The van der Waals surface area contributed by atoms with Crippen LogP contribution in [0.25, 0.3) is 0 Å². The molecule has 0 bridgehead atoms. The lowest BCUT2D eigenvalue weighted by Gasteiger charge is -2.25. The molecule has 0 saturated carbocycles. The minimum atomic E-state index is -0.306. The summed E-state index contributed by atoms with van der Waals surface area (Å²) >= 11 is 0. The van der Waals surface area contributed by atoms with Crippen molar-refractivity contribution in [2.24, 2.45) is 0 Å². The Morgan fingerprint density at radius 2 is 1.59 bits per heavy atom. The molecule has 0 aromatic heterocycles. The van der Waals surface area contributed by atoms with E-state index in [-0.39, 0.29) is 6.09 Å². The first kappa shape index (κ1) is 14.6. The second kappa shape index (κ2) is 7.09. The molecule has 1 aliphatic rings. The van der Waals surface area contributed by atoms with Crippen molar-refractivity contribution in [3.63, 3.8) is 0 Å². The molecule has 114 valence electrons. The van der Waals surface area contributed by atoms with Crippen LogP contribution in [0.4, 0.5) is 4.79 Å². The third-order valence-electron chi connectivity index (χ3n) is 3.65. The molecule has 0 N–H and O–H groups in total. The Kier molecular flexibility index (Phi) is 4.71. The lowest BCUT2D eigenvalue weighted by Crippen LogP contribution is -2.42. The molecule has 2 aromatic rings. The van der Waals surface area contributed by atoms with E-state index in [1.807, 2.05) is 42.5 Å². The molecule has 1 saturated heterocycles. The molecule has 22 heavy (non-hydrogen) atoms. The van der Waals surface area contributed by atoms with E-state index in [1.165, 1.54) is 11.1 Å². The molecule has 4 heteroatoms. The minimum absolute atomic E-state index is 0.306. The molecule has 1 amide bonds. The second-order valence-electron chi connectivity index (χ2n) is 5.27. The van der Waals surface area contributed by atoms with Gasteiger partial charge in [-0.15, -0.1) is 0 Å². The minimum Gasteiger partial charge on any atom is -0.410 e. The fourth-order valence-electron chi connectivity index (χ4n) is 2.42. The van der Waals surface area contributed by atoms with Crippen molar-refractivity contribution < 1.29 is 14.3 Å². The molecule has 1 heterocycles. The summed E-state index contributed by atoms with van der Waals surface area (Å²) < 4.78 is 10.6. The zero-order valence-corrected chi connectivity index (χ0v) is 12.4. The summed E-state index contributed by atoms with van der Waals surface area (Å²) in [6, 6.07) is 18.0. The highest BCUT2D eigenvalue weighted by Gasteiger charge is 2.18. The summed E-state index contributed by atoms with van der Waals surface area (Å²) in [4.78, 5) is 13.7. The van der Waals surface area contributed by atoms with Gasteiger partial charge >= 0.3 is 6.09 Å². The van der Waals surface area contributed by atoms with Crippen LogP contribution >= 0.6 is 0 Å². The molecular weight excluding hydrogens is 278 g/mol. The lowest BCUT2D eigenvalue weighted by atomic mass is 10.1. The third-order valence-corrected chi connectivity index (χ3v) is 3.65. The average Bonchev–Trinajstić information content (AvgIpc) is 2.58. The Labute approximate surface area is 130 Å². The Hall–Kier alpha value is -2.33. The molecule has 2 aromatic carbocycles. The van der Waals surface area contributed by atoms with E-state index in [2.05, 4.69) is 12.1 Å². The first-order valence-electron chi connectivity index (χ1n) is 7.48. The summed E-state index contributed by atoms with van der Waals surface area (Å²) in [5.74, 6) is 0.577. The monoisotopic (exact) mass is 297 g/mol. The van der Waals surface area contributed by atoms with Crippen molar-refractivity contribution in [2.75, 3.05) is 26.3 Å². The maximum Gasteiger partial charge on any atom is 0.415 e. The highest BCUT2D eigenvalue weighted by Crippen LogP contribution is 2.16. The van der Waals surface area contributed by atoms with Gasteiger partial charge in [0.15, 0.2) is 0 Å². The van der Waals surface area contributed by atoms with Crippen molar-refractivity contribution in [1.82, 2.24) is 4.90 Å². The quantitative estimate of drug-likeness (QED) is 0.874. The van der Waals surface area contributed by atoms with Crippen molar-refractivity contribution in [2.45, 2.75) is 6.42 Å². The maximum absolute atomic E-state index is 12.0. The van der Waals surface area contributed by atoms with Gasteiger partial charge in [0, 0.05) is 13.1 Å². The Bertz CT molecular complexity index is 604. The number of hydrogen-bond donors (Lipinski definition) is 0. The van der Waals surface area contributed by atoms with E-state index in [1.54, 1.807) is 4.90 Å². The highest BCUT2D eigenvalue weighted by molar-refractivity contribution is 5.70. The Morgan fingerprint density at radius 1 is 0.955 bits per heavy atom. The molecule has 0 radical (unpaired) electrons. The van der Waals surface area contributed by atoms with E-state index >= 15 is 0 Å². The number of benzene rings is 2. The van der Waals surface area contributed by atoms with Crippen LogP contribution in [0.1, 0.15) is 11.1 Å². The van der Waals surface area contributed by atoms with Gasteiger partial charge in [-0.05, 0) is 29.7 Å². The van der Waals surface area contributed by atoms with Gasteiger partial charge in [0.05, 0.1) is 13.2 Å². The van der Waals surface area contributed by atoms with Gasteiger partial charge in [0.2, 0.25) is 0 Å². The summed E-state index contributed by atoms with van der Waals surface area (Å²) in [5.41, 5.74) is 2.46. The molecule has 0 aliphatic carbocycles. The second-order valence-corrected chi connectivity index (χ2v) is 5.27. The van der Waals surface area contributed by atoms with E-state index in [0.29, 0.717) is 32.1 Å². The van der Waals surface area contributed by atoms with Crippen LogP contribution in [0.3, 0.4) is 0 Å². The Balaban J connectivity index is 1.58. The smallest absolute Gasteiger partial charge is 0.410 e. The molecule has 1 fully saturated rings. The number of amides is 1. The van der Waals surface area contributed by atoms with E-state index in [4.69, 9.17) is 9.47 Å². The number of carbonyl (C=O) groups is 1. The van der Waals surface area contributed by atoms with Crippen LogP contribution in [0.2, 0.25) is 0 Å². The predicted octanol–water partition coefficient (Wildman–Crippen LogP) is 3.11. The standard InChI is InChI=1S/C18H19NO3/c20-18(19-10-12-21-13-11-19)22-17-8-6-16(7-9-17)14-15-4-2-1-3-5-15/h1-9H,10-14H2. The van der Waals surface area contributed by atoms with Crippen LogP contribution < -0.4 is 4.74 Å². The number of ether oxygens (including phenoxy) is 2. The first-order chi connectivity index (χ1) is 10.8. The molecule has 0 unspecified atom stereocenters. The number of morpholine rings is 1. The van der Waals surface area contributed by atoms with Crippen LogP contribution in [0.5, 0.6) is 5.75 Å². The number of rotatable bonds is 3. The zero-order valence-electron chi connectivity index (χ0n) is 12.4. The summed E-state index contributed by atoms with van der Waals surface area (Å²) in [7, 11) is 0. The first-order valence-corrected chi connectivity index (χ1v) is 7.48. The SMILES string of the molecule is O=C(Oc1ccc(Cc2ccccc2)cc1)N1CCOCC1. The van der Waals surface area contributed by atoms with Crippen molar-refractivity contribution in [1.29, 1.82) is 0 Å². The maximum atomic E-state index is 12.0. The normalized spacial score (nSPS) is 14.6. The summed E-state index contributed by atoms with van der Waals surface area (Å²) in [6.45, 7) is 2.33. The van der Waals surface area contributed by atoms with Gasteiger partial charge in [0.25, 0.3) is 0 Å². The van der Waals surface area contributed by atoms with Gasteiger partial charge in [-0.2, -0.15) is 0 Å². The summed E-state index contributed by atoms with van der Waals surface area (Å²) in [6.07, 6.45) is 0.567. The highest BCUT2D eigenvalue weighted by atomic mass is 16.6. The van der Waals surface area contributed by atoms with Crippen LogP contribution in [-0.4, -0.2) is 37.3 Å². The van der Waals surface area contributed by atoms with Gasteiger partial charge in [-0.1, -0.05) is 42.5 Å². The number of carbonyl (C=O) groups excluding carboxylic acids is 1. The van der Waals surface area contributed by atoms with E-state index in [9.17, 15) is 4.79 Å². The zero-order chi connectivity index (χ0) is 15.2. The van der Waals surface area contributed by atoms with Gasteiger partial charge < -0.3 is 14.4 Å². The average molecular weight is 297 g/mol. The largest absolute Gasteiger partial charge is 0.415 e. The van der Waals surface area contributed by atoms with Crippen LogP contribution in [0.15, 0.2) is 54.6 Å². The van der Waals surface area contributed by atoms with Crippen LogP contribution in [0, 0.1) is 0 Å². The molecule has 0 atom stereocenters. The molecule has 1 aliphatic heterocycles. The fraction of sp³-hybridized carbons (Fsp3) is 0.278. The molecule has 3 rings (SSSR count). The summed E-state index contributed by atoms with van der Waals surface area (Å²) in [5, 5.41) is 0.